The zero-order valence-corrected chi connectivity index (χ0v) is 15.1. The third-order valence-electron chi connectivity index (χ3n) is 5.24. The maximum atomic E-state index is 9.80. The first-order valence-electron chi connectivity index (χ1n) is 9.27. The fourth-order valence-electron chi connectivity index (χ4n) is 3.82. The second-order valence-corrected chi connectivity index (χ2v) is 6.98. The van der Waals surface area contributed by atoms with Crippen molar-refractivity contribution in [3.8, 4) is 22.3 Å². The Morgan fingerprint density at radius 1 is 0.607 bits per heavy atom. The van der Waals surface area contributed by atoms with Gasteiger partial charge in [-0.25, -0.2) is 0 Å². The van der Waals surface area contributed by atoms with Crippen molar-refractivity contribution >= 4 is 34.4 Å². The zero-order chi connectivity index (χ0) is 19.1. The molecule has 0 atom stereocenters. The van der Waals surface area contributed by atoms with E-state index < -0.39 is 7.12 Å². The molecule has 0 unspecified atom stereocenters. The molecular formula is C24H18BNO2. The van der Waals surface area contributed by atoms with Crippen molar-refractivity contribution in [2.45, 2.75) is 0 Å². The molecule has 4 aromatic carbocycles. The monoisotopic (exact) mass is 363 g/mol. The standard InChI is InChI=1S/C24H18BNO2/c27-25(28)19-14-21(24-22(15-19)20-8-4-5-9-23(20)26-24)18-12-10-17(11-13-18)16-6-2-1-3-7-16/h1-15,26-28H. The second kappa shape index (κ2) is 6.68. The van der Waals surface area contributed by atoms with Crippen LogP contribution in [0.5, 0.6) is 0 Å². The third-order valence-corrected chi connectivity index (χ3v) is 5.24. The highest BCUT2D eigenvalue weighted by atomic mass is 16.4. The maximum Gasteiger partial charge on any atom is 0.488 e. The van der Waals surface area contributed by atoms with Crippen molar-refractivity contribution in [2.24, 2.45) is 0 Å². The van der Waals surface area contributed by atoms with E-state index >= 15 is 0 Å². The van der Waals surface area contributed by atoms with Gasteiger partial charge in [0, 0.05) is 21.9 Å². The van der Waals surface area contributed by atoms with Crippen molar-refractivity contribution in [1.82, 2.24) is 4.98 Å². The summed E-state index contributed by atoms with van der Waals surface area (Å²) < 4.78 is 0. The lowest BCUT2D eigenvalue weighted by atomic mass is 9.78. The molecule has 3 nitrogen and oxygen atoms in total. The first kappa shape index (κ1) is 16.8. The molecule has 5 rings (SSSR count). The topological polar surface area (TPSA) is 56.2 Å². The molecule has 0 bridgehead atoms. The number of fused-ring (bicyclic) bond motifs is 3. The Morgan fingerprint density at radius 3 is 2.00 bits per heavy atom. The van der Waals surface area contributed by atoms with Gasteiger partial charge in [0.2, 0.25) is 0 Å². The van der Waals surface area contributed by atoms with Crippen molar-refractivity contribution < 1.29 is 10.0 Å². The van der Waals surface area contributed by atoms with Gasteiger partial charge in [-0.1, -0.05) is 84.9 Å². The fourth-order valence-corrected chi connectivity index (χ4v) is 3.82. The molecular weight excluding hydrogens is 345 g/mol. The largest absolute Gasteiger partial charge is 0.488 e. The van der Waals surface area contributed by atoms with E-state index in [1.807, 2.05) is 54.6 Å². The van der Waals surface area contributed by atoms with Gasteiger partial charge < -0.3 is 15.0 Å². The summed E-state index contributed by atoms with van der Waals surface area (Å²) in [6.45, 7) is 0. The Balaban J connectivity index is 1.71. The number of para-hydroxylation sites is 1. The molecule has 5 aromatic rings. The Labute approximate surface area is 163 Å². The summed E-state index contributed by atoms with van der Waals surface area (Å²) in [5.41, 5.74) is 6.82. The van der Waals surface area contributed by atoms with Crippen LogP contribution in [-0.4, -0.2) is 22.2 Å². The molecule has 0 saturated carbocycles. The number of hydrogen-bond donors (Lipinski definition) is 3. The van der Waals surface area contributed by atoms with E-state index in [1.165, 1.54) is 5.56 Å². The van der Waals surface area contributed by atoms with Crippen LogP contribution < -0.4 is 5.46 Å². The van der Waals surface area contributed by atoms with Crippen LogP contribution in [-0.2, 0) is 0 Å². The molecule has 0 aliphatic heterocycles. The smallest absolute Gasteiger partial charge is 0.423 e. The van der Waals surface area contributed by atoms with Gasteiger partial charge in [0.15, 0.2) is 0 Å². The molecule has 4 heteroatoms. The van der Waals surface area contributed by atoms with Gasteiger partial charge >= 0.3 is 7.12 Å². The van der Waals surface area contributed by atoms with E-state index in [0.29, 0.717) is 5.46 Å². The van der Waals surface area contributed by atoms with E-state index in [-0.39, 0.29) is 0 Å². The third kappa shape index (κ3) is 2.80. The van der Waals surface area contributed by atoms with Crippen LogP contribution in [0.1, 0.15) is 0 Å². The molecule has 0 spiro atoms. The molecule has 28 heavy (non-hydrogen) atoms. The van der Waals surface area contributed by atoms with Gasteiger partial charge in [-0.3, -0.25) is 0 Å². The first-order valence-corrected chi connectivity index (χ1v) is 9.27. The lowest BCUT2D eigenvalue weighted by molar-refractivity contribution is 0.426. The van der Waals surface area contributed by atoms with Gasteiger partial charge in [0.1, 0.15) is 0 Å². The van der Waals surface area contributed by atoms with Crippen molar-refractivity contribution in [3.05, 3.63) is 91.0 Å². The van der Waals surface area contributed by atoms with Crippen molar-refractivity contribution in [3.63, 3.8) is 0 Å². The zero-order valence-electron chi connectivity index (χ0n) is 15.1. The summed E-state index contributed by atoms with van der Waals surface area (Å²) in [5, 5.41) is 21.7. The highest BCUT2D eigenvalue weighted by molar-refractivity contribution is 6.59. The van der Waals surface area contributed by atoms with Gasteiger partial charge in [0.05, 0.1) is 5.52 Å². The van der Waals surface area contributed by atoms with E-state index in [2.05, 4.69) is 41.4 Å². The van der Waals surface area contributed by atoms with Gasteiger partial charge in [-0.2, -0.15) is 0 Å². The average Bonchev–Trinajstić information content (AvgIpc) is 3.12. The summed E-state index contributed by atoms with van der Waals surface area (Å²) in [7, 11) is -1.51. The SMILES string of the molecule is OB(O)c1cc(-c2ccc(-c3ccccc3)cc2)c2[nH]c3ccccc3c2c1. The molecule has 0 saturated heterocycles. The van der Waals surface area contributed by atoms with E-state index in [1.54, 1.807) is 0 Å². The molecule has 134 valence electrons. The highest BCUT2D eigenvalue weighted by Crippen LogP contribution is 2.33. The van der Waals surface area contributed by atoms with Crippen LogP contribution in [0.2, 0.25) is 0 Å². The summed E-state index contributed by atoms with van der Waals surface area (Å²) >= 11 is 0. The predicted molar refractivity (Wildman–Crippen MR) is 117 cm³/mol. The molecule has 0 aliphatic rings. The van der Waals surface area contributed by atoms with Crippen LogP contribution >= 0.6 is 0 Å². The second-order valence-electron chi connectivity index (χ2n) is 6.98. The normalized spacial score (nSPS) is 11.2. The maximum absolute atomic E-state index is 9.80. The number of H-pyrrole nitrogens is 1. The first-order chi connectivity index (χ1) is 13.7. The molecule has 0 amide bonds. The summed E-state index contributed by atoms with van der Waals surface area (Å²) in [6.07, 6.45) is 0. The summed E-state index contributed by atoms with van der Waals surface area (Å²) in [5.74, 6) is 0. The van der Waals surface area contributed by atoms with Crippen LogP contribution in [0.15, 0.2) is 91.0 Å². The van der Waals surface area contributed by atoms with Gasteiger partial charge in [0.25, 0.3) is 0 Å². The van der Waals surface area contributed by atoms with E-state index in [9.17, 15) is 10.0 Å². The lowest BCUT2D eigenvalue weighted by Gasteiger charge is -2.09. The molecule has 0 aliphatic carbocycles. The number of aromatic amines is 1. The summed E-state index contributed by atoms with van der Waals surface area (Å²) in [4.78, 5) is 3.49. The van der Waals surface area contributed by atoms with Crippen LogP contribution in [0.3, 0.4) is 0 Å². The molecule has 1 heterocycles. The van der Waals surface area contributed by atoms with Crippen molar-refractivity contribution in [2.75, 3.05) is 0 Å². The molecule has 0 radical (unpaired) electrons. The minimum absolute atomic E-state index is 0.486. The molecule has 3 N–H and O–H groups in total. The number of hydrogen-bond acceptors (Lipinski definition) is 2. The minimum Gasteiger partial charge on any atom is -0.423 e. The van der Waals surface area contributed by atoms with E-state index in [0.717, 1.165) is 38.5 Å². The van der Waals surface area contributed by atoms with Crippen LogP contribution in [0.4, 0.5) is 0 Å². The fraction of sp³-hybridized carbons (Fsp3) is 0. The Hall–Kier alpha value is -3.34. The van der Waals surface area contributed by atoms with Crippen LogP contribution in [0.25, 0.3) is 44.1 Å². The lowest BCUT2D eigenvalue weighted by Crippen LogP contribution is -2.29. The Kier molecular flexibility index (Phi) is 4.01. The van der Waals surface area contributed by atoms with Crippen molar-refractivity contribution in [1.29, 1.82) is 0 Å². The predicted octanol–water partition coefficient (Wildman–Crippen LogP) is 4.33. The number of nitrogens with one attached hydrogen (secondary N) is 1. The highest BCUT2D eigenvalue weighted by Gasteiger charge is 2.17. The summed E-state index contributed by atoms with van der Waals surface area (Å²) in [6, 6.07) is 30.4. The number of aromatic nitrogens is 1. The Bertz CT molecular complexity index is 1280. The van der Waals surface area contributed by atoms with Crippen LogP contribution in [0, 0.1) is 0 Å². The quantitative estimate of drug-likeness (QED) is 0.418. The number of benzene rings is 4. The minimum atomic E-state index is -1.51. The molecule has 0 fully saturated rings. The van der Waals surface area contributed by atoms with Gasteiger partial charge in [-0.15, -0.1) is 0 Å². The molecule has 1 aromatic heterocycles. The number of rotatable bonds is 3. The average molecular weight is 363 g/mol. The Morgan fingerprint density at radius 2 is 1.25 bits per heavy atom. The van der Waals surface area contributed by atoms with E-state index in [4.69, 9.17) is 0 Å². The van der Waals surface area contributed by atoms with Gasteiger partial charge in [-0.05, 0) is 28.2 Å².